The van der Waals surface area contributed by atoms with Crippen LogP contribution in [0.25, 0.3) is 24.6 Å². The minimum Gasteiger partial charge on any atom is -0.693 e. The van der Waals surface area contributed by atoms with Crippen molar-refractivity contribution >= 4 is 0 Å². The van der Waals surface area contributed by atoms with Gasteiger partial charge in [0.05, 0.1) is 0 Å². The van der Waals surface area contributed by atoms with Gasteiger partial charge in [-0.25, -0.2) is 0 Å². The average Bonchev–Trinajstić information content (AvgIpc) is 0. The van der Waals surface area contributed by atoms with E-state index in [1.54, 1.807) is 0 Å². The molecule has 0 fully saturated rings. The molecule has 8 N–H and O–H groups in total. The second-order valence-electron chi connectivity index (χ2n) is 0. The normalized spacial score (nSPS) is 0. The van der Waals surface area contributed by atoms with Crippen LogP contribution in [-0.4, -0.2) is 0 Å². The summed E-state index contributed by atoms with van der Waals surface area (Å²) >= 11 is 0. The van der Waals surface area contributed by atoms with Crippen LogP contribution >= 0.6 is 0 Å². The first-order valence-corrected chi connectivity index (χ1v) is 0. The van der Waals surface area contributed by atoms with Crippen LogP contribution in [0.2, 0.25) is 0 Å². The summed E-state index contributed by atoms with van der Waals surface area (Å²) in [5.41, 5.74) is 0. The molecule has 0 bridgehead atoms. The van der Waals surface area contributed by atoms with Crippen molar-refractivity contribution in [3.05, 3.63) is 24.6 Å². The SMILES string of the molecule is [NH2-].[NH2-].[NH2-].[NH2-].[Ni]. The van der Waals surface area contributed by atoms with Gasteiger partial charge in [-0.05, 0) is 0 Å². The molecule has 42 valence electrons. The predicted molar refractivity (Wildman–Crippen MR) is 21.1 cm³/mol. The number of hydrogen-bond donors (Lipinski definition) is 0. The van der Waals surface area contributed by atoms with Gasteiger partial charge in [0.15, 0.2) is 0 Å². The maximum absolute atomic E-state index is 0. The van der Waals surface area contributed by atoms with E-state index < -0.39 is 0 Å². The van der Waals surface area contributed by atoms with Crippen LogP contribution in [0.5, 0.6) is 0 Å². The monoisotopic (exact) mass is 122 g/mol. The number of hydrogen-bond acceptors (Lipinski definition) is 0. The van der Waals surface area contributed by atoms with Crippen molar-refractivity contribution in [2.24, 2.45) is 0 Å². The molecule has 5 heavy (non-hydrogen) atoms. The fraction of sp³-hybridized carbons (Fsp3) is 0. The summed E-state index contributed by atoms with van der Waals surface area (Å²) in [4.78, 5) is 0. The molecule has 0 spiro atoms. The Kier molecular flexibility index (Phi) is 78000. The van der Waals surface area contributed by atoms with Crippen molar-refractivity contribution in [3.8, 4) is 0 Å². The molecule has 0 unspecified atom stereocenters. The summed E-state index contributed by atoms with van der Waals surface area (Å²) in [6.45, 7) is 0. The van der Waals surface area contributed by atoms with E-state index in [-0.39, 0.29) is 41.1 Å². The van der Waals surface area contributed by atoms with Crippen LogP contribution in [0.3, 0.4) is 0 Å². The van der Waals surface area contributed by atoms with Crippen LogP contribution in [0.15, 0.2) is 0 Å². The summed E-state index contributed by atoms with van der Waals surface area (Å²) in [5.74, 6) is 0. The Labute approximate surface area is 42.0 Å². The van der Waals surface area contributed by atoms with E-state index in [4.69, 9.17) is 0 Å². The van der Waals surface area contributed by atoms with Gasteiger partial charge in [0, 0.05) is 16.5 Å². The van der Waals surface area contributed by atoms with E-state index in [0.29, 0.717) is 0 Å². The van der Waals surface area contributed by atoms with Crippen LogP contribution in [0, 0.1) is 0 Å². The summed E-state index contributed by atoms with van der Waals surface area (Å²) in [5, 5.41) is 0. The molecule has 0 amide bonds. The Morgan fingerprint density at radius 1 is 0.400 bits per heavy atom. The topological polar surface area (TPSA) is 134 Å². The standard InChI is InChI=1S/4H2N.Ni/h4*1H2;/q4*-1;. The minimum absolute atomic E-state index is 0. The van der Waals surface area contributed by atoms with Gasteiger partial charge in [0.25, 0.3) is 0 Å². The quantitative estimate of drug-likeness (QED) is 0.437. The summed E-state index contributed by atoms with van der Waals surface area (Å²) in [6.07, 6.45) is 0. The maximum atomic E-state index is 0. The molecule has 0 aromatic carbocycles. The van der Waals surface area contributed by atoms with Gasteiger partial charge < -0.3 is 24.6 Å². The third-order valence-corrected chi connectivity index (χ3v) is 0. The average molecular weight is 123 g/mol. The Hall–Kier alpha value is 0.334. The Morgan fingerprint density at radius 2 is 0.400 bits per heavy atom. The van der Waals surface area contributed by atoms with E-state index in [2.05, 4.69) is 0 Å². The van der Waals surface area contributed by atoms with Crippen molar-refractivity contribution in [2.75, 3.05) is 0 Å². The largest absolute Gasteiger partial charge is 0.693 e. The van der Waals surface area contributed by atoms with Crippen molar-refractivity contribution in [3.63, 3.8) is 0 Å². The van der Waals surface area contributed by atoms with E-state index >= 15 is 0 Å². The molecular formula is H8N4Ni-4. The first-order chi connectivity index (χ1) is 0. The summed E-state index contributed by atoms with van der Waals surface area (Å²) < 4.78 is 0. The van der Waals surface area contributed by atoms with Crippen molar-refractivity contribution < 1.29 is 16.5 Å². The molecule has 0 aliphatic carbocycles. The molecule has 0 aromatic heterocycles. The second-order valence-corrected chi connectivity index (χ2v) is 0. The van der Waals surface area contributed by atoms with Gasteiger partial charge in [-0.3, -0.25) is 0 Å². The van der Waals surface area contributed by atoms with Crippen molar-refractivity contribution in [1.29, 1.82) is 0 Å². The fourth-order valence-electron chi connectivity index (χ4n) is 0. The summed E-state index contributed by atoms with van der Waals surface area (Å²) in [7, 11) is 0. The molecule has 0 radical (unpaired) electrons. The van der Waals surface area contributed by atoms with Gasteiger partial charge in [-0.15, -0.1) is 0 Å². The molecule has 0 aliphatic heterocycles. The third-order valence-electron chi connectivity index (χ3n) is 0. The molecular weight excluding hydrogens is 115 g/mol. The van der Waals surface area contributed by atoms with Gasteiger partial charge in [0.1, 0.15) is 0 Å². The molecule has 0 aromatic rings. The van der Waals surface area contributed by atoms with Crippen LogP contribution in [0.1, 0.15) is 0 Å². The van der Waals surface area contributed by atoms with E-state index in [9.17, 15) is 0 Å². The number of rotatable bonds is 0. The molecule has 0 atom stereocenters. The second kappa shape index (κ2) is 433. The number of nitrogens with two attached hydrogens (primary N) is 4. The molecule has 0 rings (SSSR count). The minimum atomic E-state index is 0. The summed E-state index contributed by atoms with van der Waals surface area (Å²) in [6, 6.07) is 0. The third kappa shape index (κ3) is 212. The molecule has 0 heterocycles. The van der Waals surface area contributed by atoms with Gasteiger partial charge in [-0.1, -0.05) is 0 Å². The molecule has 0 saturated carbocycles. The van der Waals surface area contributed by atoms with E-state index in [1.807, 2.05) is 0 Å². The zero-order valence-corrected chi connectivity index (χ0v) is 3.61. The first-order valence-electron chi connectivity index (χ1n) is 0. The fourth-order valence-corrected chi connectivity index (χ4v) is 0. The van der Waals surface area contributed by atoms with Crippen LogP contribution in [0.4, 0.5) is 0 Å². The van der Waals surface area contributed by atoms with E-state index in [0.717, 1.165) is 0 Å². The molecule has 0 aliphatic rings. The van der Waals surface area contributed by atoms with Gasteiger partial charge in [0.2, 0.25) is 0 Å². The maximum Gasteiger partial charge on any atom is 0 e. The van der Waals surface area contributed by atoms with Gasteiger partial charge >= 0.3 is 0 Å². The van der Waals surface area contributed by atoms with Crippen LogP contribution in [-0.2, 0) is 16.5 Å². The molecule has 0 saturated heterocycles. The smallest absolute Gasteiger partial charge is 0 e. The zero-order chi connectivity index (χ0) is 0. The predicted octanol–water partition coefficient (Wildman–Crippen LogP) is 2.87. The van der Waals surface area contributed by atoms with Gasteiger partial charge in [-0.2, -0.15) is 0 Å². The Balaban J connectivity index is 0. The molecule has 4 nitrogen and oxygen atoms in total. The zero-order valence-electron chi connectivity index (χ0n) is 2.63. The van der Waals surface area contributed by atoms with Crippen molar-refractivity contribution in [1.82, 2.24) is 0 Å². The molecule has 5 heteroatoms. The Morgan fingerprint density at radius 3 is 0.400 bits per heavy atom. The first kappa shape index (κ1) is 900. The van der Waals surface area contributed by atoms with Crippen molar-refractivity contribution in [2.45, 2.75) is 0 Å². The van der Waals surface area contributed by atoms with E-state index in [1.165, 1.54) is 0 Å². The van der Waals surface area contributed by atoms with Crippen LogP contribution < -0.4 is 0 Å². The Bertz CT molecular complexity index is 3.61.